The number of carbonyl (C=O) groups excluding carboxylic acids is 1. The molecule has 3 aromatic carbocycles. The van der Waals surface area contributed by atoms with E-state index in [-0.39, 0.29) is 17.8 Å². The zero-order valence-electron chi connectivity index (χ0n) is 17.2. The third-order valence-electron chi connectivity index (χ3n) is 5.49. The number of ether oxygens (including phenoxy) is 1. The molecule has 154 valence electrons. The fraction of sp³-hybridized carbons (Fsp3) is 0.208. The van der Waals surface area contributed by atoms with Gasteiger partial charge in [0.25, 0.3) is 5.91 Å². The van der Waals surface area contributed by atoms with Crippen molar-refractivity contribution in [1.29, 1.82) is 0 Å². The van der Waals surface area contributed by atoms with E-state index in [0.29, 0.717) is 23.6 Å². The lowest BCUT2D eigenvalue weighted by atomic mass is 10.1. The molecule has 4 aromatic rings. The summed E-state index contributed by atoms with van der Waals surface area (Å²) in [6.07, 6.45) is 0. The van der Waals surface area contributed by atoms with Crippen molar-refractivity contribution in [3.05, 3.63) is 72.0 Å². The summed E-state index contributed by atoms with van der Waals surface area (Å²) in [5, 5.41) is 4.91. The maximum absolute atomic E-state index is 13.1. The topological polar surface area (TPSA) is 55.9 Å². The van der Waals surface area contributed by atoms with Crippen LogP contribution in [0.15, 0.2) is 65.1 Å². The van der Waals surface area contributed by atoms with Crippen LogP contribution in [0.5, 0.6) is 5.75 Å². The Morgan fingerprint density at radius 3 is 2.57 bits per heavy atom. The third kappa shape index (κ3) is 3.86. The predicted molar refractivity (Wildman–Crippen MR) is 115 cm³/mol. The summed E-state index contributed by atoms with van der Waals surface area (Å²) in [6, 6.07) is 17.5. The molecular weight excluding hydrogens is 383 g/mol. The Kier molecular flexibility index (Phi) is 5.42. The highest BCUT2D eigenvalue weighted by Crippen LogP contribution is 2.36. The summed E-state index contributed by atoms with van der Waals surface area (Å²) in [5.74, 6) is 0.171. The molecule has 0 fully saturated rings. The molecular formula is C24H24FN2O3+. The Balaban J connectivity index is 1.55. The van der Waals surface area contributed by atoms with Gasteiger partial charge in [0.1, 0.15) is 29.3 Å². The van der Waals surface area contributed by atoms with Gasteiger partial charge in [0.05, 0.1) is 19.8 Å². The number of carbonyl (C=O) groups is 1. The third-order valence-corrected chi connectivity index (χ3v) is 5.49. The number of furan rings is 1. The zero-order chi connectivity index (χ0) is 21.3. The summed E-state index contributed by atoms with van der Waals surface area (Å²) < 4.78 is 24.6. The average Bonchev–Trinajstić information content (AvgIpc) is 3.11. The highest BCUT2D eigenvalue weighted by atomic mass is 19.1. The number of likely N-dealkylation sites (N-methyl/N-ethyl adjacent to an activating group) is 1. The quantitative estimate of drug-likeness (QED) is 0.512. The molecule has 2 atom stereocenters. The lowest BCUT2D eigenvalue weighted by Crippen LogP contribution is -3.12. The van der Waals surface area contributed by atoms with Gasteiger partial charge < -0.3 is 19.4 Å². The number of fused-ring (bicyclic) bond motifs is 3. The van der Waals surface area contributed by atoms with Gasteiger partial charge in [-0.2, -0.15) is 0 Å². The molecule has 4 rings (SSSR count). The fourth-order valence-corrected chi connectivity index (χ4v) is 3.56. The fourth-order valence-electron chi connectivity index (χ4n) is 3.56. The molecule has 1 unspecified atom stereocenters. The molecule has 0 aliphatic carbocycles. The van der Waals surface area contributed by atoms with E-state index in [1.807, 2.05) is 44.3 Å². The molecule has 1 aromatic heterocycles. The second-order valence-corrected chi connectivity index (χ2v) is 7.51. The molecule has 0 aliphatic heterocycles. The van der Waals surface area contributed by atoms with E-state index in [2.05, 4.69) is 5.32 Å². The smallest absolute Gasteiger partial charge is 0.282 e. The van der Waals surface area contributed by atoms with Gasteiger partial charge in [0.15, 0.2) is 6.04 Å². The second-order valence-electron chi connectivity index (χ2n) is 7.51. The van der Waals surface area contributed by atoms with Gasteiger partial charge in [0, 0.05) is 22.4 Å². The van der Waals surface area contributed by atoms with Crippen molar-refractivity contribution < 1.29 is 23.2 Å². The Hall–Kier alpha value is -3.38. The van der Waals surface area contributed by atoms with Gasteiger partial charge in [-0.15, -0.1) is 0 Å². The molecule has 0 saturated heterocycles. The maximum atomic E-state index is 13.1. The molecule has 5 nitrogen and oxygen atoms in total. The average molecular weight is 407 g/mol. The summed E-state index contributed by atoms with van der Waals surface area (Å²) in [6.45, 7) is 2.47. The Morgan fingerprint density at radius 1 is 1.10 bits per heavy atom. The monoisotopic (exact) mass is 407 g/mol. The lowest BCUT2D eigenvalue weighted by Gasteiger charge is -2.21. The first-order valence-corrected chi connectivity index (χ1v) is 9.83. The Bertz CT molecular complexity index is 1200. The van der Waals surface area contributed by atoms with Crippen LogP contribution in [-0.2, 0) is 11.3 Å². The molecule has 0 aliphatic rings. The first kappa shape index (κ1) is 19.9. The number of para-hydroxylation sites is 1. The summed E-state index contributed by atoms with van der Waals surface area (Å²) in [7, 11) is 3.52. The summed E-state index contributed by atoms with van der Waals surface area (Å²) >= 11 is 0. The van der Waals surface area contributed by atoms with E-state index in [1.165, 1.54) is 12.1 Å². The maximum Gasteiger partial charge on any atom is 0.282 e. The molecule has 2 N–H and O–H groups in total. The molecule has 0 radical (unpaired) electrons. The SMILES string of the molecule is COc1cc2c(cc1NC(=O)[C@@H](C)[NH+](C)Cc1ccc(F)cc1)oc1ccccc12. The summed E-state index contributed by atoms with van der Waals surface area (Å²) in [4.78, 5) is 13.9. The van der Waals surface area contributed by atoms with Gasteiger partial charge in [-0.05, 0) is 31.2 Å². The molecule has 1 heterocycles. The molecule has 0 saturated carbocycles. The second kappa shape index (κ2) is 8.16. The molecule has 1 amide bonds. The van der Waals surface area contributed by atoms with E-state index < -0.39 is 0 Å². The van der Waals surface area contributed by atoms with Crippen LogP contribution in [-0.4, -0.2) is 26.1 Å². The van der Waals surface area contributed by atoms with Crippen LogP contribution in [0.3, 0.4) is 0 Å². The number of methoxy groups -OCH3 is 1. The van der Waals surface area contributed by atoms with Crippen molar-refractivity contribution in [3.63, 3.8) is 0 Å². The first-order chi connectivity index (χ1) is 14.5. The Morgan fingerprint density at radius 2 is 1.83 bits per heavy atom. The van der Waals surface area contributed by atoms with Crippen LogP contribution in [0.25, 0.3) is 21.9 Å². The van der Waals surface area contributed by atoms with E-state index in [0.717, 1.165) is 26.8 Å². The van der Waals surface area contributed by atoms with Gasteiger partial charge in [-0.25, -0.2) is 4.39 Å². The minimum atomic E-state index is -0.328. The first-order valence-electron chi connectivity index (χ1n) is 9.83. The molecule has 0 bridgehead atoms. The largest absolute Gasteiger partial charge is 0.495 e. The predicted octanol–water partition coefficient (Wildman–Crippen LogP) is 3.78. The summed E-state index contributed by atoms with van der Waals surface area (Å²) in [5.41, 5.74) is 3.01. The number of halogens is 1. The number of amides is 1. The van der Waals surface area contributed by atoms with Gasteiger partial charge in [-0.1, -0.05) is 30.3 Å². The van der Waals surface area contributed by atoms with Crippen LogP contribution in [0, 0.1) is 5.82 Å². The number of rotatable bonds is 6. The Labute approximate surface area is 174 Å². The van der Waals surface area contributed by atoms with Crippen LogP contribution in [0.1, 0.15) is 12.5 Å². The van der Waals surface area contributed by atoms with Crippen LogP contribution >= 0.6 is 0 Å². The number of quaternary nitrogens is 1. The number of anilines is 1. The number of hydrogen-bond donors (Lipinski definition) is 2. The molecule has 30 heavy (non-hydrogen) atoms. The number of benzene rings is 3. The molecule has 6 heteroatoms. The minimum absolute atomic E-state index is 0.136. The van der Waals surface area contributed by atoms with Crippen molar-refractivity contribution >= 4 is 33.5 Å². The van der Waals surface area contributed by atoms with Gasteiger partial charge in [-0.3, -0.25) is 4.79 Å². The van der Waals surface area contributed by atoms with Crippen LogP contribution < -0.4 is 15.0 Å². The van der Waals surface area contributed by atoms with Gasteiger partial charge in [0.2, 0.25) is 0 Å². The van der Waals surface area contributed by atoms with Crippen LogP contribution in [0.4, 0.5) is 10.1 Å². The highest BCUT2D eigenvalue weighted by Gasteiger charge is 2.24. The minimum Gasteiger partial charge on any atom is -0.495 e. The zero-order valence-corrected chi connectivity index (χ0v) is 17.2. The van der Waals surface area contributed by atoms with Gasteiger partial charge >= 0.3 is 0 Å². The van der Waals surface area contributed by atoms with Crippen molar-refractivity contribution in [1.82, 2.24) is 0 Å². The number of nitrogens with one attached hydrogen (secondary N) is 2. The van der Waals surface area contributed by atoms with E-state index in [9.17, 15) is 9.18 Å². The van der Waals surface area contributed by atoms with Crippen molar-refractivity contribution in [2.24, 2.45) is 0 Å². The standard InChI is InChI=1S/C24H23FN2O3/c1-15(27(2)14-16-8-10-17(25)11-9-16)24(28)26-20-13-22-19(12-23(20)29-3)18-6-4-5-7-21(18)30-22/h4-13,15H,14H2,1-3H3,(H,26,28)/p+1/t15-/m1/s1. The number of hydrogen-bond acceptors (Lipinski definition) is 3. The van der Waals surface area contributed by atoms with Crippen molar-refractivity contribution in [3.8, 4) is 5.75 Å². The molecule has 0 spiro atoms. The van der Waals surface area contributed by atoms with Crippen LogP contribution in [0.2, 0.25) is 0 Å². The normalized spacial score (nSPS) is 13.3. The van der Waals surface area contributed by atoms with E-state index in [4.69, 9.17) is 9.15 Å². The highest BCUT2D eigenvalue weighted by molar-refractivity contribution is 6.08. The van der Waals surface area contributed by atoms with E-state index in [1.54, 1.807) is 25.3 Å². The van der Waals surface area contributed by atoms with Crippen molar-refractivity contribution in [2.75, 3.05) is 19.5 Å². The van der Waals surface area contributed by atoms with Crippen molar-refractivity contribution in [2.45, 2.75) is 19.5 Å². The lowest BCUT2D eigenvalue weighted by molar-refractivity contribution is -0.907. The van der Waals surface area contributed by atoms with E-state index >= 15 is 0 Å².